The number of anilines is 1. The monoisotopic (exact) mass is 255 g/mol. The highest BCUT2D eigenvalue weighted by molar-refractivity contribution is 5.68. The molecule has 2 rings (SSSR count). The van der Waals surface area contributed by atoms with Crippen molar-refractivity contribution in [1.82, 2.24) is 9.97 Å². The van der Waals surface area contributed by atoms with Crippen LogP contribution in [-0.2, 0) is 0 Å². The fourth-order valence-electron chi connectivity index (χ4n) is 2.41. The van der Waals surface area contributed by atoms with Crippen LogP contribution in [0.2, 0.25) is 0 Å². The Balaban J connectivity index is 2.42. The fourth-order valence-corrected chi connectivity index (χ4v) is 2.41. The van der Waals surface area contributed by atoms with E-state index in [0.29, 0.717) is 0 Å². The zero-order valence-electron chi connectivity index (χ0n) is 12.1. The number of nitrogens with one attached hydrogen (secondary N) is 1. The van der Waals surface area contributed by atoms with Crippen LogP contribution in [0.3, 0.4) is 0 Å². The zero-order valence-corrected chi connectivity index (χ0v) is 12.1. The first-order valence-corrected chi connectivity index (χ1v) is 6.76. The van der Waals surface area contributed by atoms with Gasteiger partial charge in [0.2, 0.25) is 0 Å². The number of hydrogen-bond acceptors (Lipinski definition) is 3. The van der Waals surface area contributed by atoms with Crippen LogP contribution in [0.25, 0.3) is 11.3 Å². The van der Waals surface area contributed by atoms with Crippen molar-refractivity contribution < 1.29 is 0 Å². The van der Waals surface area contributed by atoms with Crippen molar-refractivity contribution >= 4 is 5.82 Å². The van der Waals surface area contributed by atoms with Crippen molar-refractivity contribution in [3.63, 3.8) is 0 Å². The largest absolute Gasteiger partial charge is 0.369 e. The molecule has 3 nitrogen and oxygen atoms in total. The summed E-state index contributed by atoms with van der Waals surface area (Å²) in [5.74, 6) is 0.846. The van der Waals surface area contributed by atoms with E-state index in [1.54, 1.807) is 6.20 Å². The molecule has 1 N–H and O–H groups in total. The van der Waals surface area contributed by atoms with E-state index in [9.17, 15) is 0 Å². The average Bonchev–Trinajstić information content (AvgIpc) is 2.35. The zero-order chi connectivity index (χ0) is 13.8. The number of nitrogens with zero attached hydrogens (tertiary/aromatic N) is 2. The molecule has 0 saturated carbocycles. The molecule has 0 atom stereocenters. The highest BCUT2D eigenvalue weighted by Gasteiger charge is 2.09. The summed E-state index contributed by atoms with van der Waals surface area (Å²) in [6, 6.07) is 4.38. The second-order valence-corrected chi connectivity index (χ2v) is 4.99. The van der Waals surface area contributed by atoms with E-state index in [-0.39, 0.29) is 0 Å². The number of hydrogen-bond donors (Lipinski definition) is 1. The Bertz CT molecular complexity index is 553. The maximum Gasteiger partial charge on any atom is 0.145 e. The van der Waals surface area contributed by atoms with Crippen LogP contribution in [-0.4, -0.2) is 16.5 Å². The van der Waals surface area contributed by atoms with Crippen LogP contribution in [0.1, 0.15) is 30.0 Å². The molecule has 1 aromatic carbocycles. The van der Waals surface area contributed by atoms with Crippen molar-refractivity contribution in [3.05, 3.63) is 41.2 Å². The summed E-state index contributed by atoms with van der Waals surface area (Å²) in [4.78, 5) is 8.95. The van der Waals surface area contributed by atoms with E-state index in [1.807, 2.05) is 6.20 Å². The van der Waals surface area contributed by atoms with E-state index in [4.69, 9.17) is 0 Å². The molecule has 0 amide bonds. The predicted octanol–water partition coefficient (Wildman–Crippen LogP) is 3.89. The summed E-state index contributed by atoms with van der Waals surface area (Å²) < 4.78 is 0. The summed E-state index contributed by atoms with van der Waals surface area (Å²) in [6.45, 7) is 9.43. The van der Waals surface area contributed by atoms with Gasteiger partial charge in [-0.1, -0.05) is 24.6 Å². The second kappa shape index (κ2) is 5.83. The smallest absolute Gasteiger partial charge is 0.145 e. The Labute approximate surface area is 115 Å². The van der Waals surface area contributed by atoms with Gasteiger partial charge in [0.15, 0.2) is 0 Å². The Morgan fingerprint density at radius 2 is 1.74 bits per heavy atom. The molecule has 3 heteroatoms. The number of aromatic nitrogens is 2. The first-order valence-electron chi connectivity index (χ1n) is 6.76. The predicted molar refractivity (Wildman–Crippen MR) is 80.5 cm³/mol. The van der Waals surface area contributed by atoms with Gasteiger partial charge < -0.3 is 5.32 Å². The highest BCUT2D eigenvalue weighted by atomic mass is 15.0. The second-order valence-electron chi connectivity index (χ2n) is 4.99. The quantitative estimate of drug-likeness (QED) is 0.900. The molecule has 2 aromatic rings. The number of aryl methyl sites for hydroxylation is 3. The Morgan fingerprint density at radius 3 is 2.37 bits per heavy atom. The molecule has 0 aliphatic rings. The van der Waals surface area contributed by atoms with Gasteiger partial charge in [-0.3, -0.25) is 4.98 Å². The molecule has 1 aromatic heterocycles. The van der Waals surface area contributed by atoms with Gasteiger partial charge in [-0.25, -0.2) is 4.98 Å². The van der Waals surface area contributed by atoms with Crippen LogP contribution < -0.4 is 5.32 Å². The molecule has 0 aliphatic carbocycles. The van der Waals surface area contributed by atoms with E-state index in [2.05, 4.69) is 55.1 Å². The summed E-state index contributed by atoms with van der Waals surface area (Å²) in [6.07, 6.45) is 4.69. The SMILES string of the molecule is CCCNc1cncc(-c2c(C)cc(C)cc2C)n1. The normalized spacial score (nSPS) is 10.5. The summed E-state index contributed by atoms with van der Waals surface area (Å²) in [5, 5.41) is 3.28. The van der Waals surface area contributed by atoms with Crippen molar-refractivity contribution in [3.8, 4) is 11.3 Å². The third-order valence-electron chi connectivity index (χ3n) is 3.12. The number of benzene rings is 1. The molecular formula is C16H21N3. The van der Waals surface area contributed by atoms with Crippen LogP contribution in [0.5, 0.6) is 0 Å². The first-order chi connectivity index (χ1) is 9.11. The Hall–Kier alpha value is -1.90. The third-order valence-corrected chi connectivity index (χ3v) is 3.12. The standard InChI is InChI=1S/C16H21N3/c1-5-6-18-15-10-17-9-14(19-15)16-12(3)7-11(2)8-13(16)4/h7-10H,5-6H2,1-4H3,(H,18,19). The molecule has 0 saturated heterocycles. The van der Waals surface area contributed by atoms with Gasteiger partial charge in [0.25, 0.3) is 0 Å². The average molecular weight is 255 g/mol. The molecular weight excluding hydrogens is 234 g/mol. The first kappa shape index (κ1) is 13.5. The Kier molecular flexibility index (Phi) is 4.15. The molecule has 0 unspecified atom stereocenters. The van der Waals surface area contributed by atoms with Gasteiger partial charge in [-0.15, -0.1) is 0 Å². The van der Waals surface area contributed by atoms with E-state index in [1.165, 1.54) is 22.3 Å². The summed E-state index contributed by atoms with van der Waals surface area (Å²) >= 11 is 0. The molecule has 0 aliphatic heterocycles. The van der Waals surface area contributed by atoms with Crippen molar-refractivity contribution in [2.75, 3.05) is 11.9 Å². The van der Waals surface area contributed by atoms with Crippen LogP contribution in [0, 0.1) is 20.8 Å². The van der Waals surface area contributed by atoms with E-state index < -0.39 is 0 Å². The van der Waals surface area contributed by atoms with Gasteiger partial charge in [-0.05, 0) is 38.3 Å². The topological polar surface area (TPSA) is 37.8 Å². The third kappa shape index (κ3) is 3.11. The molecule has 0 fully saturated rings. The van der Waals surface area contributed by atoms with Gasteiger partial charge in [0, 0.05) is 12.1 Å². The summed E-state index contributed by atoms with van der Waals surface area (Å²) in [7, 11) is 0. The van der Waals surface area contributed by atoms with Gasteiger partial charge >= 0.3 is 0 Å². The van der Waals surface area contributed by atoms with Crippen LogP contribution in [0.4, 0.5) is 5.82 Å². The molecule has 0 spiro atoms. The van der Waals surface area contributed by atoms with E-state index in [0.717, 1.165) is 24.5 Å². The van der Waals surface area contributed by atoms with Crippen LogP contribution in [0.15, 0.2) is 24.5 Å². The van der Waals surface area contributed by atoms with Crippen molar-refractivity contribution in [1.29, 1.82) is 0 Å². The lowest BCUT2D eigenvalue weighted by atomic mass is 9.98. The van der Waals surface area contributed by atoms with Crippen LogP contribution >= 0.6 is 0 Å². The fraction of sp³-hybridized carbons (Fsp3) is 0.375. The minimum absolute atomic E-state index is 0.846. The van der Waals surface area contributed by atoms with Gasteiger partial charge in [0.05, 0.1) is 18.1 Å². The molecule has 19 heavy (non-hydrogen) atoms. The number of rotatable bonds is 4. The maximum atomic E-state index is 4.66. The molecule has 100 valence electrons. The lowest BCUT2D eigenvalue weighted by Gasteiger charge is -2.12. The minimum atomic E-state index is 0.846. The minimum Gasteiger partial charge on any atom is -0.369 e. The van der Waals surface area contributed by atoms with Gasteiger partial charge in [0.1, 0.15) is 5.82 Å². The maximum absolute atomic E-state index is 4.66. The van der Waals surface area contributed by atoms with Gasteiger partial charge in [-0.2, -0.15) is 0 Å². The lowest BCUT2D eigenvalue weighted by molar-refractivity contribution is 0.965. The Morgan fingerprint density at radius 1 is 1.05 bits per heavy atom. The molecule has 1 heterocycles. The van der Waals surface area contributed by atoms with Crippen molar-refractivity contribution in [2.45, 2.75) is 34.1 Å². The van der Waals surface area contributed by atoms with E-state index >= 15 is 0 Å². The highest BCUT2D eigenvalue weighted by Crippen LogP contribution is 2.27. The lowest BCUT2D eigenvalue weighted by Crippen LogP contribution is -2.03. The van der Waals surface area contributed by atoms with Crippen molar-refractivity contribution in [2.24, 2.45) is 0 Å². The summed E-state index contributed by atoms with van der Waals surface area (Å²) in [5.41, 5.74) is 5.92. The molecule has 0 radical (unpaired) electrons. The molecule has 0 bridgehead atoms.